The summed E-state index contributed by atoms with van der Waals surface area (Å²) in [7, 11) is 0. The Morgan fingerprint density at radius 2 is 1.46 bits per heavy atom. The summed E-state index contributed by atoms with van der Waals surface area (Å²) < 4.78 is 11.0. The van der Waals surface area contributed by atoms with Crippen molar-refractivity contribution in [3.05, 3.63) is 107 Å². The highest BCUT2D eigenvalue weighted by Crippen LogP contribution is 2.62. The van der Waals surface area contributed by atoms with Crippen molar-refractivity contribution in [1.29, 1.82) is 0 Å². The summed E-state index contributed by atoms with van der Waals surface area (Å²) in [5.74, 6) is -4.06. The zero-order valence-corrected chi connectivity index (χ0v) is 14.7. The highest BCUT2D eigenvalue weighted by molar-refractivity contribution is 6.05. The van der Waals surface area contributed by atoms with Crippen molar-refractivity contribution in [2.45, 2.75) is 17.5 Å². The Balaban J connectivity index is 1.75. The standard InChI is InChI=1S/C23H16O5/c24-20(15-9-3-1-4-10-15)22(16-11-5-2-6-12-16)19-17-13-7-8-14-18(17)21(25)27-23(19,26)28-22/h1-14,19,26H. The minimum absolute atomic E-state index is 0.304. The molecule has 2 aliphatic rings. The second-order valence-electron chi connectivity index (χ2n) is 6.94. The summed E-state index contributed by atoms with van der Waals surface area (Å²) >= 11 is 0. The highest BCUT2D eigenvalue weighted by atomic mass is 16.9. The van der Waals surface area contributed by atoms with Gasteiger partial charge in [-0.25, -0.2) is 4.79 Å². The highest BCUT2D eigenvalue weighted by Gasteiger charge is 2.74. The summed E-state index contributed by atoms with van der Waals surface area (Å²) in [6.07, 6.45) is 0. The summed E-state index contributed by atoms with van der Waals surface area (Å²) in [4.78, 5) is 26.0. The van der Waals surface area contributed by atoms with Crippen LogP contribution in [0.15, 0.2) is 84.9 Å². The minimum atomic E-state index is -2.19. The molecule has 0 saturated carbocycles. The number of hydrogen-bond acceptors (Lipinski definition) is 5. The lowest BCUT2D eigenvalue weighted by atomic mass is 9.65. The van der Waals surface area contributed by atoms with Gasteiger partial charge in [0.2, 0.25) is 5.78 Å². The van der Waals surface area contributed by atoms with E-state index in [1.54, 1.807) is 72.8 Å². The summed E-state index contributed by atoms with van der Waals surface area (Å²) in [6.45, 7) is 0. The molecule has 1 fully saturated rings. The van der Waals surface area contributed by atoms with Crippen molar-refractivity contribution in [2.75, 3.05) is 0 Å². The lowest BCUT2D eigenvalue weighted by molar-refractivity contribution is -0.466. The molecule has 28 heavy (non-hydrogen) atoms. The average molecular weight is 372 g/mol. The Hall–Kier alpha value is -3.28. The molecule has 2 heterocycles. The van der Waals surface area contributed by atoms with Gasteiger partial charge in [-0.15, -0.1) is 0 Å². The van der Waals surface area contributed by atoms with Gasteiger partial charge < -0.3 is 9.84 Å². The molecule has 0 amide bonds. The van der Waals surface area contributed by atoms with Gasteiger partial charge in [-0.1, -0.05) is 78.9 Å². The molecule has 1 saturated heterocycles. The summed E-state index contributed by atoms with van der Waals surface area (Å²) in [5, 5.41) is 10.9. The van der Waals surface area contributed by atoms with E-state index in [1.807, 2.05) is 12.1 Å². The maximum atomic E-state index is 13.7. The number of ketones is 1. The molecular formula is C23H16O5. The molecule has 3 atom stereocenters. The molecule has 5 rings (SSSR count). The number of fused-ring (bicyclic) bond motifs is 3. The fourth-order valence-electron chi connectivity index (χ4n) is 4.19. The van der Waals surface area contributed by atoms with Crippen LogP contribution in [0.5, 0.6) is 0 Å². The van der Waals surface area contributed by atoms with Crippen LogP contribution in [0.4, 0.5) is 0 Å². The summed E-state index contributed by atoms with van der Waals surface area (Å²) in [6, 6.07) is 24.6. The lowest BCUT2D eigenvalue weighted by Gasteiger charge is -2.58. The molecule has 3 aromatic carbocycles. The molecule has 0 spiro atoms. The quantitative estimate of drug-likeness (QED) is 0.564. The number of carbonyl (C=O) groups is 2. The number of ether oxygens (including phenoxy) is 2. The number of carbonyl (C=O) groups excluding carboxylic acids is 2. The van der Waals surface area contributed by atoms with E-state index in [0.29, 0.717) is 22.3 Å². The van der Waals surface area contributed by atoms with Crippen LogP contribution in [0.3, 0.4) is 0 Å². The van der Waals surface area contributed by atoms with E-state index in [0.717, 1.165) is 0 Å². The number of Topliss-reactive ketones (excluding diaryl/α,β-unsaturated/α-hetero) is 1. The normalized spacial score (nSPS) is 27.8. The SMILES string of the molecule is O=C1OC2(O)OC(C(=O)c3ccccc3)(c3ccccc3)C2c2ccccc21. The molecule has 0 bridgehead atoms. The molecule has 0 radical (unpaired) electrons. The number of benzene rings is 3. The van der Waals surface area contributed by atoms with Crippen molar-refractivity contribution in [3.8, 4) is 0 Å². The van der Waals surface area contributed by atoms with E-state index in [9.17, 15) is 14.7 Å². The van der Waals surface area contributed by atoms with Gasteiger partial charge in [-0.05, 0) is 17.2 Å². The minimum Gasteiger partial charge on any atom is -0.403 e. The zero-order valence-electron chi connectivity index (χ0n) is 14.7. The van der Waals surface area contributed by atoms with Crippen molar-refractivity contribution in [3.63, 3.8) is 0 Å². The third-order valence-electron chi connectivity index (χ3n) is 5.39. The van der Waals surface area contributed by atoms with Crippen LogP contribution in [0.2, 0.25) is 0 Å². The average Bonchev–Trinajstić information content (AvgIpc) is 2.72. The first-order chi connectivity index (χ1) is 13.6. The molecule has 0 aromatic heterocycles. The number of esters is 1. The maximum absolute atomic E-state index is 13.7. The van der Waals surface area contributed by atoms with Crippen LogP contribution in [-0.4, -0.2) is 22.8 Å². The van der Waals surface area contributed by atoms with Crippen LogP contribution in [-0.2, 0) is 15.1 Å². The maximum Gasteiger partial charge on any atom is 0.342 e. The van der Waals surface area contributed by atoms with Gasteiger partial charge in [0.1, 0.15) is 5.92 Å². The Kier molecular flexibility index (Phi) is 3.53. The second kappa shape index (κ2) is 5.86. The smallest absolute Gasteiger partial charge is 0.342 e. The Morgan fingerprint density at radius 3 is 2.18 bits per heavy atom. The van der Waals surface area contributed by atoms with Crippen molar-refractivity contribution < 1.29 is 24.2 Å². The van der Waals surface area contributed by atoms with Gasteiger partial charge in [0.25, 0.3) is 0 Å². The third kappa shape index (κ3) is 2.14. The van der Waals surface area contributed by atoms with E-state index in [1.165, 1.54) is 0 Å². The van der Waals surface area contributed by atoms with Crippen molar-refractivity contribution >= 4 is 11.8 Å². The van der Waals surface area contributed by atoms with Gasteiger partial charge >= 0.3 is 11.9 Å². The molecule has 3 unspecified atom stereocenters. The number of hydrogen-bond donors (Lipinski definition) is 1. The van der Waals surface area contributed by atoms with Gasteiger partial charge in [0, 0.05) is 5.56 Å². The molecular weight excluding hydrogens is 356 g/mol. The van der Waals surface area contributed by atoms with Crippen LogP contribution in [0.1, 0.15) is 37.8 Å². The largest absolute Gasteiger partial charge is 0.403 e. The molecule has 1 N–H and O–H groups in total. The Bertz CT molecular complexity index is 1080. The van der Waals surface area contributed by atoms with Crippen LogP contribution in [0.25, 0.3) is 0 Å². The Labute approximate surface area is 161 Å². The molecule has 0 aliphatic carbocycles. The number of aliphatic hydroxyl groups is 1. The topological polar surface area (TPSA) is 72.8 Å². The molecule has 2 aliphatic heterocycles. The van der Waals surface area contributed by atoms with E-state index in [2.05, 4.69) is 0 Å². The van der Waals surface area contributed by atoms with Crippen LogP contribution < -0.4 is 0 Å². The fourth-order valence-corrected chi connectivity index (χ4v) is 4.19. The van der Waals surface area contributed by atoms with Gasteiger partial charge in [-0.2, -0.15) is 0 Å². The zero-order chi connectivity index (χ0) is 19.4. The first-order valence-corrected chi connectivity index (χ1v) is 8.96. The van der Waals surface area contributed by atoms with Gasteiger partial charge in [-0.3, -0.25) is 9.53 Å². The first kappa shape index (κ1) is 16.9. The predicted molar refractivity (Wildman–Crippen MR) is 99.5 cm³/mol. The van der Waals surface area contributed by atoms with E-state index in [4.69, 9.17) is 9.47 Å². The van der Waals surface area contributed by atoms with Crippen molar-refractivity contribution in [1.82, 2.24) is 0 Å². The van der Waals surface area contributed by atoms with Crippen LogP contribution in [0, 0.1) is 0 Å². The fraction of sp³-hybridized carbons (Fsp3) is 0.130. The molecule has 5 nitrogen and oxygen atoms in total. The molecule has 3 aromatic rings. The van der Waals surface area contributed by atoms with E-state index in [-0.39, 0.29) is 5.78 Å². The first-order valence-electron chi connectivity index (χ1n) is 8.96. The van der Waals surface area contributed by atoms with E-state index < -0.39 is 23.5 Å². The number of rotatable bonds is 3. The van der Waals surface area contributed by atoms with Gasteiger partial charge in [0.05, 0.1) is 5.56 Å². The monoisotopic (exact) mass is 372 g/mol. The van der Waals surface area contributed by atoms with Gasteiger partial charge in [0.15, 0.2) is 5.60 Å². The third-order valence-corrected chi connectivity index (χ3v) is 5.39. The lowest BCUT2D eigenvalue weighted by Crippen LogP contribution is -2.71. The molecule has 5 heteroatoms. The Morgan fingerprint density at radius 1 is 0.857 bits per heavy atom. The second-order valence-corrected chi connectivity index (χ2v) is 6.94. The van der Waals surface area contributed by atoms with Crippen molar-refractivity contribution in [2.24, 2.45) is 0 Å². The van der Waals surface area contributed by atoms with E-state index >= 15 is 0 Å². The molecule has 138 valence electrons. The summed E-state index contributed by atoms with van der Waals surface area (Å²) in [5.41, 5.74) is 0.380. The predicted octanol–water partition coefficient (Wildman–Crippen LogP) is 3.40. The van der Waals surface area contributed by atoms with Crippen LogP contribution >= 0.6 is 0 Å².